The normalized spacial score (nSPS) is 11.9. The van der Waals surface area contributed by atoms with Crippen LogP contribution in [0, 0.1) is 0 Å². The van der Waals surface area contributed by atoms with E-state index in [2.05, 4.69) is 81.9 Å². The fraction of sp³-hybridized carbons (Fsp3) is 0. The number of hydrogen-bond donors (Lipinski definition) is 0. The Morgan fingerprint density at radius 3 is 1.77 bits per heavy atom. The Morgan fingerprint density at radius 2 is 1.02 bits per heavy atom. The van der Waals surface area contributed by atoms with Gasteiger partial charge in [0.1, 0.15) is 17.0 Å². The molecule has 0 fully saturated rings. The van der Waals surface area contributed by atoms with Gasteiger partial charge in [-0.25, -0.2) is 15.0 Å². The van der Waals surface area contributed by atoms with Gasteiger partial charge >= 0.3 is 0 Å². The van der Waals surface area contributed by atoms with Crippen LogP contribution in [0.25, 0.3) is 111 Å². The number of aromatic nitrogens is 7. The number of para-hydroxylation sites is 3. The molecule has 0 saturated carbocycles. The molecule has 5 heterocycles. The van der Waals surface area contributed by atoms with E-state index in [1.54, 1.807) is 0 Å². The van der Waals surface area contributed by atoms with Crippen molar-refractivity contribution in [2.24, 2.45) is 0 Å². The van der Waals surface area contributed by atoms with E-state index in [1.165, 1.54) is 0 Å². The second kappa shape index (κ2) is 12.3. The standard InChI is InChI=1S/C49H29N7O/c1-3-13-30(14-4-1)47-52-48(31-15-5-2-6-16-31)54-49(53-47)56-38-20-10-7-17-33(38)35-24-25-40-44(45(35)56)36-19-8-11-21-39(36)55(40)43-27-28-50-46(51-43)32-23-26-42-37(29-32)34-18-9-12-22-41(34)57-42/h1-29H. The van der Waals surface area contributed by atoms with Crippen LogP contribution in [-0.2, 0) is 0 Å². The second-order valence-electron chi connectivity index (χ2n) is 14.1. The molecule has 8 heteroatoms. The predicted molar refractivity (Wildman–Crippen MR) is 228 cm³/mol. The smallest absolute Gasteiger partial charge is 0.238 e. The maximum Gasteiger partial charge on any atom is 0.238 e. The Morgan fingerprint density at radius 1 is 0.386 bits per heavy atom. The molecular formula is C49H29N7O. The van der Waals surface area contributed by atoms with E-state index in [1.807, 2.05) is 103 Å². The highest BCUT2D eigenvalue weighted by Gasteiger charge is 2.23. The lowest BCUT2D eigenvalue weighted by atomic mass is 10.1. The van der Waals surface area contributed by atoms with Crippen molar-refractivity contribution in [1.82, 2.24) is 34.1 Å². The third-order valence-electron chi connectivity index (χ3n) is 10.9. The number of benzene rings is 7. The summed E-state index contributed by atoms with van der Waals surface area (Å²) in [5, 5.41) is 6.49. The number of furan rings is 1. The molecule has 0 N–H and O–H groups in total. The third kappa shape index (κ3) is 4.84. The topological polar surface area (TPSA) is 87.5 Å². The van der Waals surface area contributed by atoms with Gasteiger partial charge in [-0.15, -0.1) is 0 Å². The maximum atomic E-state index is 6.12. The third-order valence-corrected chi connectivity index (χ3v) is 10.9. The van der Waals surface area contributed by atoms with E-state index >= 15 is 0 Å². The molecule has 266 valence electrons. The molecule has 0 amide bonds. The highest BCUT2D eigenvalue weighted by atomic mass is 16.3. The van der Waals surface area contributed by atoms with Crippen molar-refractivity contribution >= 4 is 65.6 Å². The highest BCUT2D eigenvalue weighted by molar-refractivity contribution is 6.26. The minimum atomic E-state index is 0.546. The molecule has 0 radical (unpaired) electrons. The molecule has 0 spiro atoms. The average molecular weight is 732 g/mol. The zero-order chi connectivity index (χ0) is 37.5. The molecule has 0 bridgehead atoms. The van der Waals surface area contributed by atoms with Crippen molar-refractivity contribution in [2.75, 3.05) is 0 Å². The summed E-state index contributed by atoms with van der Waals surface area (Å²) in [4.78, 5) is 25.4. The van der Waals surface area contributed by atoms with Crippen LogP contribution in [0.1, 0.15) is 0 Å². The summed E-state index contributed by atoms with van der Waals surface area (Å²) in [6.45, 7) is 0. The largest absolute Gasteiger partial charge is 0.456 e. The van der Waals surface area contributed by atoms with Gasteiger partial charge in [0.25, 0.3) is 0 Å². The van der Waals surface area contributed by atoms with Crippen LogP contribution in [0.3, 0.4) is 0 Å². The van der Waals surface area contributed by atoms with Crippen molar-refractivity contribution < 1.29 is 4.42 Å². The Hall–Kier alpha value is -7.97. The van der Waals surface area contributed by atoms with Crippen LogP contribution in [0.15, 0.2) is 180 Å². The Balaban J connectivity index is 1.13. The van der Waals surface area contributed by atoms with Gasteiger partial charge in [0.2, 0.25) is 5.95 Å². The fourth-order valence-electron chi connectivity index (χ4n) is 8.34. The van der Waals surface area contributed by atoms with Crippen molar-refractivity contribution in [3.63, 3.8) is 0 Å². The predicted octanol–water partition coefficient (Wildman–Crippen LogP) is 11.8. The SMILES string of the molecule is c1ccc(-c2nc(-c3ccccc3)nc(-n3c4ccccc4c4ccc5c(c6ccccc6n5-c5ccnc(-c6ccc7oc8ccccc8c7c6)n5)c43)n2)cc1. The Labute approximate surface area is 325 Å². The van der Waals surface area contributed by atoms with Gasteiger partial charge in [0, 0.05) is 55.2 Å². The average Bonchev–Trinajstić information content (AvgIpc) is 3.94. The monoisotopic (exact) mass is 731 g/mol. The molecule has 0 aliphatic rings. The van der Waals surface area contributed by atoms with E-state index in [-0.39, 0.29) is 0 Å². The minimum absolute atomic E-state index is 0.546. The lowest BCUT2D eigenvalue weighted by molar-refractivity contribution is 0.669. The second-order valence-corrected chi connectivity index (χ2v) is 14.1. The molecule has 57 heavy (non-hydrogen) atoms. The van der Waals surface area contributed by atoms with Crippen LogP contribution in [0.2, 0.25) is 0 Å². The summed E-state index contributed by atoms with van der Waals surface area (Å²) in [6, 6.07) is 57.9. The molecule has 0 atom stereocenters. The van der Waals surface area contributed by atoms with Crippen molar-refractivity contribution in [1.29, 1.82) is 0 Å². The first-order valence-corrected chi connectivity index (χ1v) is 18.8. The zero-order valence-electron chi connectivity index (χ0n) is 30.3. The van der Waals surface area contributed by atoms with Gasteiger partial charge in [0.15, 0.2) is 17.5 Å². The van der Waals surface area contributed by atoms with Crippen molar-refractivity contribution in [3.8, 4) is 45.9 Å². The molecule has 0 aliphatic heterocycles. The fourth-order valence-corrected chi connectivity index (χ4v) is 8.34. The van der Waals surface area contributed by atoms with Crippen molar-refractivity contribution in [3.05, 3.63) is 176 Å². The summed E-state index contributed by atoms with van der Waals surface area (Å²) in [6.07, 6.45) is 1.84. The van der Waals surface area contributed by atoms with Crippen molar-refractivity contribution in [2.45, 2.75) is 0 Å². The minimum Gasteiger partial charge on any atom is -0.456 e. The molecule has 0 unspecified atom stereocenters. The van der Waals surface area contributed by atoms with Crippen LogP contribution >= 0.6 is 0 Å². The molecule has 0 aliphatic carbocycles. The number of hydrogen-bond acceptors (Lipinski definition) is 6. The Bertz CT molecular complexity index is 3470. The maximum absolute atomic E-state index is 6.12. The highest BCUT2D eigenvalue weighted by Crippen LogP contribution is 2.42. The van der Waals surface area contributed by atoms with E-state index in [0.717, 1.165) is 88.1 Å². The summed E-state index contributed by atoms with van der Waals surface area (Å²) < 4.78 is 10.6. The first kappa shape index (κ1) is 31.4. The molecule has 12 aromatic rings. The van der Waals surface area contributed by atoms with Crippen LogP contribution in [-0.4, -0.2) is 34.1 Å². The number of fused-ring (bicyclic) bond motifs is 10. The summed E-state index contributed by atoms with van der Waals surface area (Å²) in [5.41, 5.74) is 8.50. The summed E-state index contributed by atoms with van der Waals surface area (Å²) in [5.74, 6) is 3.16. The first-order chi connectivity index (χ1) is 28.3. The van der Waals surface area contributed by atoms with Gasteiger partial charge in [-0.3, -0.25) is 9.13 Å². The molecule has 5 aromatic heterocycles. The van der Waals surface area contributed by atoms with E-state index in [9.17, 15) is 0 Å². The molecule has 8 nitrogen and oxygen atoms in total. The molecule has 0 saturated heterocycles. The molecule has 7 aromatic carbocycles. The van der Waals surface area contributed by atoms with Gasteiger partial charge < -0.3 is 4.42 Å². The van der Waals surface area contributed by atoms with Gasteiger partial charge in [-0.2, -0.15) is 9.97 Å². The number of nitrogens with zero attached hydrogens (tertiary/aromatic N) is 7. The van der Waals surface area contributed by atoms with Gasteiger partial charge in [0.05, 0.1) is 22.1 Å². The van der Waals surface area contributed by atoms with Crippen LogP contribution in [0.4, 0.5) is 0 Å². The zero-order valence-corrected chi connectivity index (χ0v) is 30.3. The summed E-state index contributed by atoms with van der Waals surface area (Å²) >= 11 is 0. The summed E-state index contributed by atoms with van der Waals surface area (Å²) in [7, 11) is 0. The van der Waals surface area contributed by atoms with Gasteiger partial charge in [-0.05, 0) is 48.5 Å². The quantitative estimate of drug-likeness (QED) is 0.175. The van der Waals surface area contributed by atoms with Crippen LogP contribution in [0.5, 0.6) is 0 Å². The van der Waals surface area contributed by atoms with Gasteiger partial charge in [-0.1, -0.05) is 121 Å². The number of rotatable bonds is 5. The Kier molecular flexibility index (Phi) is 6.76. The lowest BCUT2D eigenvalue weighted by Crippen LogP contribution is -2.06. The molecule has 12 rings (SSSR count). The molecular weight excluding hydrogens is 703 g/mol. The van der Waals surface area contributed by atoms with E-state index in [0.29, 0.717) is 23.4 Å². The lowest BCUT2D eigenvalue weighted by Gasteiger charge is -2.12. The van der Waals surface area contributed by atoms with Crippen LogP contribution < -0.4 is 0 Å². The van der Waals surface area contributed by atoms with E-state index in [4.69, 9.17) is 29.3 Å². The first-order valence-electron chi connectivity index (χ1n) is 18.8. The van der Waals surface area contributed by atoms with E-state index < -0.39 is 0 Å².